The number of nitrogen functional groups attached to an aromatic ring is 1. The third kappa shape index (κ3) is 4.11. The summed E-state index contributed by atoms with van der Waals surface area (Å²) in [5.41, 5.74) is 8.00. The number of carbonyl (C=O) groups is 1. The number of amides is 1. The minimum absolute atomic E-state index is 0.0583. The second-order valence-corrected chi connectivity index (χ2v) is 5.68. The molecule has 1 aliphatic rings. The number of benzene rings is 1. The summed E-state index contributed by atoms with van der Waals surface area (Å²) in [6, 6.07) is 5.91. The van der Waals surface area contributed by atoms with Gasteiger partial charge in [0.25, 0.3) is 5.91 Å². The SMILES string of the molecule is CCNC(=O)c1ccc(N)cc1NCC1CCCCN1C. The molecule has 1 heterocycles. The van der Waals surface area contributed by atoms with Gasteiger partial charge in [0.05, 0.1) is 5.56 Å². The highest BCUT2D eigenvalue weighted by atomic mass is 16.1. The van der Waals surface area contributed by atoms with E-state index in [-0.39, 0.29) is 5.91 Å². The van der Waals surface area contributed by atoms with Gasteiger partial charge in [-0.2, -0.15) is 0 Å². The largest absolute Gasteiger partial charge is 0.399 e. The smallest absolute Gasteiger partial charge is 0.253 e. The molecule has 1 aliphatic heterocycles. The van der Waals surface area contributed by atoms with Crippen molar-refractivity contribution in [2.24, 2.45) is 0 Å². The first-order chi connectivity index (χ1) is 10.1. The number of nitrogens with two attached hydrogens (primary N) is 1. The van der Waals surface area contributed by atoms with Gasteiger partial charge in [-0.15, -0.1) is 0 Å². The summed E-state index contributed by atoms with van der Waals surface area (Å²) in [6.45, 7) is 4.52. The molecule has 1 aromatic rings. The average Bonchev–Trinajstić information content (AvgIpc) is 2.46. The highest BCUT2D eigenvalue weighted by Crippen LogP contribution is 2.21. The lowest BCUT2D eigenvalue weighted by atomic mass is 10.0. The molecule has 1 fully saturated rings. The van der Waals surface area contributed by atoms with Gasteiger partial charge in [-0.1, -0.05) is 6.42 Å². The van der Waals surface area contributed by atoms with Crippen LogP contribution in [-0.2, 0) is 0 Å². The lowest BCUT2D eigenvalue weighted by molar-refractivity contribution is 0.0956. The van der Waals surface area contributed by atoms with E-state index in [4.69, 9.17) is 5.73 Å². The molecule has 4 N–H and O–H groups in total. The predicted molar refractivity (Wildman–Crippen MR) is 87.6 cm³/mol. The molecule has 2 rings (SSSR count). The van der Waals surface area contributed by atoms with E-state index < -0.39 is 0 Å². The predicted octanol–water partition coefficient (Wildman–Crippen LogP) is 1.91. The van der Waals surface area contributed by atoms with Crippen molar-refractivity contribution in [1.82, 2.24) is 10.2 Å². The van der Waals surface area contributed by atoms with Gasteiger partial charge in [0.15, 0.2) is 0 Å². The minimum Gasteiger partial charge on any atom is -0.399 e. The molecule has 1 saturated heterocycles. The molecular formula is C16H26N4O. The van der Waals surface area contributed by atoms with Crippen molar-refractivity contribution in [1.29, 1.82) is 0 Å². The molecule has 5 nitrogen and oxygen atoms in total. The second kappa shape index (κ2) is 7.31. The average molecular weight is 290 g/mol. The van der Waals surface area contributed by atoms with Crippen LogP contribution in [0.2, 0.25) is 0 Å². The van der Waals surface area contributed by atoms with Crippen molar-refractivity contribution in [2.45, 2.75) is 32.2 Å². The van der Waals surface area contributed by atoms with Crippen LogP contribution < -0.4 is 16.4 Å². The van der Waals surface area contributed by atoms with E-state index in [9.17, 15) is 4.79 Å². The molecule has 5 heteroatoms. The quantitative estimate of drug-likeness (QED) is 0.725. The Kier molecular flexibility index (Phi) is 5.44. The fourth-order valence-corrected chi connectivity index (χ4v) is 2.79. The number of hydrogen-bond donors (Lipinski definition) is 3. The van der Waals surface area contributed by atoms with Crippen LogP contribution in [0.25, 0.3) is 0 Å². The van der Waals surface area contributed by atoms with E-state index in [1.165, 1.54) is 19.3 Å². The van der Waals surface area contributed by atoms with Gasteiger partial charge in [-0.05, 0) is 51.6 Å². The molecular weight excluding hydrogens is 264 g/mol. The molecule has 0 saturated carbocycles. The second-order valence-electron chi connectivity index (χ2n) is 5.68. The number of likely N-dealkylation sites (tertiary alicyclic amines) is 1. The molecule has 0 radical (unpaired) electrons. The highest BCUT2D eigenvalue weighted by Gasteiger charge is 2.19. The molecule has 21 heavy (non-hydrogen) atoms. The van der Waals surface area contributed by atoms with E-state index in [2.05, 4.69) is 22.6 Å². The van der Waals surface area contributed by atoms with E-state index >= 15 is 0 Å². The fourth-order valence-electron chi connectivity index (χ4n) is 2.79. The first-order valence-electron chi connectivity index (χ1n) is 7.73. The maximum absolute atomic E-state index is 12.1. The zero-order chi connectivity index (χ0) is 15.2. The summed E-state index contributed by atoms with van der Waals surface area (Å²) < 4.78 is 0. The van der Waals surface area contributed by atoms with Gasteiger partial charge in [-0.3, -0.25) is 4.79 Å². The van der Waals surface area contributed by atoms with Gasteiger partial charge in [0.1, 0.15) is 0 Å². The molecule has 116 valence electrons. The Morgan fingerprint density at radius 1 is 1.43 bits per heavy atom. The summed E-state index contributed by atoms with van der Waals surface area (Å²) in [5, 5.41) is 6.25. The Hall–Kier alpha value is -1.75. The van der Waals surface area contributed by atoms with E-state index in [1.54, 1.807) is 12.1 Å². The van der Waals surface area contributed by atoms with Crippen LogP contribution in [0.1, 0.15) is 36.5 Å². The minimum atomic E-state index is -0.0583. The number of rotatable bonds is 5. The van der Waals surface area contributed by atoms with E-state index in [1.807, 2.05) is 13.0 Å². The molecule has 0 spiro atoms. The summed E-state index contributed by atoms with van der Waals surface area (Å²) >= 11 is 0. The maximum atomic E-state index is 12.1. The van der Waals surface area contributed by atoms with Gasteiger partial charge in [0.2, 0.25) is 0 Å². The van der Waals surface area contributed by atoms with Crippen LogP contribution in [0.3, 0.4) is 0 Å². The first-order valence-corrected chi connectivity index (χ1v) is 7.73. The zero-order valence-electron chi connectivity index (χ0n) is 13.0. The monoisotopic (exact) mass is 290 g/mol. The van der Waals surface area contributed by atoms with Gasteiger partial charge >= 0.3 is 0 Å². The van der Waals surface area contributed by atoms with Crippen molar-refractivity contribution in [3.8, 4) is 0 Å². The number of piperidine rings is 1. The zero-order valence-corrected chi connectivity index (χ0v) is 13.0. The Balaban J connectivity index is 2.07. The summed E-state index contributed by atoms with van der Waals surface area (Å²) in [6.07, 6.45) is 3.74. The summed E-state index contributed by atoms with van der Waals surface area (Å²) in [7, 11) is 2.16. The molecule has 1 atom stereocenters. The van der Waals surface area contributed by atoms with Gasteiger partial charge < -0.3 is 21.3 Å². The third-order valence-corrected chi connectivity index (χ3v) is 4.08. The van der Waals surface area contributed by atoms with Gasteiger partial charge in [0, 0.05) is 30.5 Å². The molecule has 1 amide bonds. The van der Waals surface area contributed by atoms with Crippen molar-refractivity contribution < 1.29 is 4.79 Å². The van der Waals surface area contributed by atoms with Crippen molar-refractivity contribution in [3.05, 3.63) is 23.8 Å². The first kappa shape index (κ1) is 15.6. The van der Waals surface area contributed by atoms with Crippen LogP contribution in [0.4, 0.5) is 11.4 Å². The molecule has 0 aromatic heterocycles. The Bertz CT molecular complexity index is 489. The highest BCUT2D eigenvalue weighted by molar-refractivity contribution is 6.00. The fraction of sp³-hybridized carbons (Fsp3) is 0.562. The Morgan fingerprint density at radius 2 is 2.24 bits per heavy atom. The number of nitrogens with zero attached hydrogens (tertiary/aromatic N) is 1. The lowest BCUT2D eigenvalue weighted by Gasteiger charge is -2.33. The van der Waals surface area contributed by atoms with Crippen LogP contribution in [0, 0.1) is 0 Å². The van der Waals surface area contributed by atoms with E-state index in [0.717, 1.165) is 18.8 Å². The number of likely N-dealkylation sites (N-methyl/N-ethyl adjacent to an activating group) is 1. The summed E-state index contributed by atoms with van der Waals surface area (Å²) in [4.78, 5) is 14.5. The molecule has 1 aromatic carbocycles. The number of nitrogens with one attached hydrogen (secondary N) is 2. The lowest BCUT2D eigenvalue weighted by Crippen LogP contribution is -2.41. The van der Waals surface area contributed by atoms with E-state index in [0.29, 0.717) is 23.8 Å². The summed E-state index contributed by atoms with van der Waals surface area (Å²) in [5.74, 6) is -0.0583. The van der Waals surface area contributed by atoms with Crippen LogP contribution in [0.5, 0.6) is 0 Å². The number of hydrogen-bond acceptors (Lipinski definition) is 4. The normalized spacial score (nSPS) is 19.2. The Morgan fingerprint density at radius 3 is 2.95 bits per heavy atom. The van der Waals surface area contributed by atoms with Crippen LogP contribution in [-0.4, -0.2) is 43.5 Å². The molecule has 0 bridgehead atoms. The topological polar surface area (TPSA) is 70.4 Å². The molecule has 1 unspecified atom stereocenters. The number of carbonyl (C=O) groups excluding carboxylic acids is 1. The van der Waals surface area contributed by atoms with Crippen LogP contribution in [0.15, 0.2) is 18.2 Å². The van der Waals surface area contributed by atoms with Gasteiger partial charge in [-0.25, -0.2) is 0 Å². The van der Waals surface area contributed by atoms with Crippen LogP contribution >= 0.6 is 0 Å². The molecule has 0 aliphatic carbocycles. The maximum Gasteiger partial charge on any atom is 0.253 e. The van der Waals surface area contributed by atoms with Crippen molar-refractivity contribution >= 4 is 17.3 Å². The Labute approximate surface area is 126 Å². The number of anilines is 2. The van der Waals surface area contributed by atoms with Crippen molar-refractivity contribution in [3.63, 3.8) is 0 Å². The van der Waals surface area contributed by atoms with Crippen molar-refractivity contribution in [2.75, 3.05) is 37.7 Å². The third-order valence-electron chi connectivity index (χ3n) is 4.08. The standard InChI is InChI=1S/C16H26N4O/c1-3-18-16(21)14-8-7-12(17)10-15(14)19-11-13-6-4-5-9-20(13)2/h7-8,10,13,19H,3-6,9,11,17H2,1-2H3,(H,18,21).